The first-order valence-electron chi connectivity index (χ1n) is 2.50. The number of aromatic hydroxyl groups is 2. The van der Waals surface area contributed by atoms with Gasteiger partial charge < -0.3 is 15.4 Å². The molecule has 0 saturated heterocycles. The molecule has 0 saturated carbocycles. The fraction of sp³-hybridized carbons (Fsp3) is 0. The van der Waals surface area contributed by atoms with Gasteiger partial charge in [0.2, 0.25) is 5.75 Å². The number of hydrogen-bond acceptors (Lipinski definition) is 5. The van der Waals surface area contributed by atoms with E-state index >= 15 is 0 Å². The van der Waals surface area contributed by atoms with Crippen LogP contribution < -0.4 is 11.2 Å². The fourth-order valence-corrected chi connectivity index (χ4v) is 0.507. The maximum absolute atomic E-state index is 10.4. The Morgan fingerprint density at radius 2 is 1.82 bits per heavy atom. The summed E-state index contributed by atoms with van der Waals surface area (Å²) in [5.41, 5.74) is -2.37. The molecule has 60 valence electrons. The molecule has 0 bridgehead atoms. The van der Waals surface area contributed by atoms with Gasteiger partial charge in [-0.1, -0.05) is 4.73 Å². The molecule has 1 rings (SSSR count). The molecule has 0 aliphatic rings. The van der Waals surface area contributed by atoms with Gasteiger partial charge in [-0.15, -0.1) is 0 Å². The van der Waals surface area contributed by atoms with E-state index < -0.39 is 22.9 Å². The first kappa shape index (κ1) is 7.19. The van der Waals surface area contributed by atoms with Crippen LogP contribution in [0.4, 0.5) is 0 Å². The lowest BCUT2D eigenvalue weighted by atomic mass is 10.6. The molecule has 0 unspecified atom stereocenters. The van der Waals surface area contributed by atoms with Crippen LogP contribution in [0, 0.1) is 0 Å². The van der Waals surface area contributed by atoms with Gasteiger partial charge in [-0.25, -0.2) is 4.79 Å². The summed E-state index contributed by atoms with van der Waals surface area (Å²) in [6.07, 6.45) is 0. The molecule has 0 radical (unpaired) electrons. The molecule has 4 N–H and O–H groups in total. The zero-order valence-electron chi connectivity index (χ0n) is 5.11. The Balaban J connectivity index is 3.73. The van der Waals surface area contributed by atoms with Crippen molar-refractivity contribution in [2.45, 2.75) is 0 Å². The second-order valence-electron chi connectivity index (χ2n) is 1.74. The fourth-order valence-electron chi connectivity index (χ4n) is 0.507. The van der Waals surface area contributed by atoms with Gasteiger partial charge in [0, 0.05) is 0 Å². The minimum atomic E-state index is -1.22. The van der Waals surface area contributed by atoms with E-state index in [9.17, 15) is 9.59 Å². The first-order valence-corrected chi connectivity index (χ1v) is 2.50. The van der Waals surface area contributed by atoms with Gasteiger partial charge in [-0.05, 0) is 0 Å². The highest BCUT2D eigenvalue weighted by Crippen LogP contribution is 2.13. The average Bonchev–Trinajstić information content (AvgIpc) is 1.97. The van der Waals surface area contributed by atoms with Crippen LogP contribution in [0.5, 0.6) is 11.6 Å². The Bertz CT molecular complexity index is 354. The summed E-state index contributed by atoms with van der Waals surface area (Å²) in [6, 6.07) is 0. The normalized spacial score (nSPS) is 9.82. The number of H-pyrrole nitrogens is 1. The van der Waals surface area contributed by atoms with E-state index in [0.29, 0.717) is 0 Å². The molecule has 0 aliphatic heterocycles. The Labute approximate surface area is 58.7 Å². The van der Waals surface area contributed by atoms with E-state index in [2.05, 4.69) is 0 Å². The second kappa shape index (κ2) is 2.04. The van der Waals surface area contributed by atoms with Crippen LogP contribution in [-0.4, -0.2) is 25.1 Å². The lowest BCUT2D eigenvalue weighted by molar-refractivity contribution is 0.132. The van der Waals surface area contributed by atoms with Crippen LogP contribution in [0.3, 0.4) is 0 Å². The summed E-state index contributed by atoms with van der Waals surface area (Å²) in [4.78, 5) is 22.4. The summed E-state index contributed by atoms with van der Waals surface area (Å²) < 4.78 is -0.281. The molecule has 0 aliphatic carbocycles. The van der Waals surface area contributed by atoms with Crippen LogP contribution >= 0.6 is 0 Å². The standard InChI is InChI=1S/C4H4N2O5/c7-1-2(8)5-4(10)6(11)3(1)9/h7,9,11H,(H,5,8,10). The highest BCUT2D eigenvalue weighted by atomic mass is 16.5. The van der Waals surface area contributed by atoms with Crippen molar-refractivity contribution in [2.75, 3.05) is 0 Å². The van der Waals surface area contributed by atoms with Crippen molar-refractivity contribution in [3.05, 3.63) is 20.8 Å². The largest absolute Gasteiger partial charge is 0.499 e. The van der Waals surface area contributed by atoms with Crippen LogP contribution in [0.15, 0.2) is 9.59 Å². The number of rotatable bonds is 0. The van der Waals surface area contributed by atoms with Gasteiger partial charge in [0.15, 0.2) is 0 Å². The molecule has 0 spiro atoms. The van der Waals surface area contributed by atoms with Crippen molar-refractivity contribution in [1.82, 2.24) is 9.71 Å². The first-order chi connectivity index (χ1) is 5.04. The van der Waals surface area contributed by atoms with Gasteiger partial charge in [-0.3, -0.25) is 9.78 Å². The maximum atomic E-state index is 10.4. The Hall–Kier alpha value is -1.92. The molecular formula is C4H4N2O5. The predicted molar refractivity (Wildman–Crippen MR) is 31.8 cm³/mol. The highest BCUT2D eigenvalue weighted by Gasteiger charge is 2.10. The summed E-state index contributed by atoms with van der Waals surface area (Å²) in [5, 5.41) is 25.7. The molecule has 1 aromatic heterocycles. The van der Waals surface area contributed by atoms with Gasteiger partial charge in [0.05, 0.1) is 0 Å². The third-order valence-corrected chi connectivity index (χ3v) is 1.04. The molecule has 1 heterocycles. The number of nitrogens with zero attached hydrogens (tertiary/aromatic N) is 1. The van der Waals surface area contributed by atoms with E-state index in [0.717, 1.165) is 0 Å². The second-order valence-corrected chi connectivity index (χ2v) is 1.74. The SMILES string of the molecule is O=c1[nH]c(=O)n(O)c(O)c1O. The minimum Gasteiger partial charge on any atom is -0.499 e. The molecule has 0 atom stereocenters. The van der Waals surface area contributed by atoms with Crippen molar-refractivity contribution < 1.29 is 15.4 Å². The topological polar surface area (TPSA) is 116 Å². The molecule has 7 nitrogen and oxygen atoms in total. The van der Waals surface area contributed by atoms with Gasteiger partial charge in [-0.2, -0.15) is 0 Å². The van der Waals surface area contributed by atoms with Crippen molar-refractivity contribution in [2.24, 2.45) is 0 Å². The van der Waals surface area contributed by atoms with E-state index in [4.69, 9.17) is 15.4 Å². The Morgan fingerprint density at radius 1 is 1.27 bits per heavy atom. The minimum absolute atomic E-state index is 0.281. The molecule has 7 heteroatoms. The quantitative estimate of drug-likeness (QED) is 0.333. The maximum Gasteiger partial charge on any atom is 0.364 e. The summed E-state index contributed by atoms with van der Waals surface area (Å²) in [5.74, 6) is -2.29. The number of aromatic nitrogens is 2. The Kier molecular flexibility index (Phi) is 1.34. The van der Waals surface area contributed by atoms with E-state index in [-0.39, 0.29) is 4.73 Å². The van der Waals surface area contributed by atoms with Gasteiger partial charge >= 0.3 is 5.69 Å². The van der Waals surface area contributed by atoms with Crippen LogP contribution in [0.2, 0.25) is 0 Å². The van der Waals surface area contributed by atoms with Crippen molar-refractivity contribution in [3.8, 4) is 11.6 Å². The molecule has 11 heavy (non-hydrogen) atoms. The number of aromatic amines is 1. The number of nitrogens with one attached hydrogen (secondary N) is 1. The lowest BCUT2D eigenvalue weighted by Crippen LogP contribution is -2.27. The van der Waals surface area contributed by atoms with Gasteiger partial charge in [0.1, 0.15) is 0 Å². The summed E-state index contributed by atoms with van der Waals surface area (Å²) in [7, 11) is 0. The summed E-state index contributed by atoms with van der Waals surface area (Å²) in [6.45, 7) is 0. The third kappa shape index (κ3) is 0.914. The van der Waals surface area contributed by atoms with Crippen LogP contribution in [0.25, 0.3) is 0 Å². The smallest absolute Gasteiger partial charge is 0.364 e. The van der Waals surface area contributed by atoms with Crippen molar-refractivity contribution >= 4 is 0 Å². The molecule has 0 aromatic carbocycles. The van der Waals surface area contributed by atoms with Crippen LogP contribution in [-0.2, 0) is 0 Å². The monoisotopic (exact) mass is 160 g/mol. The van der Waals surface area contributed by atoms with Crippen molar-refractivity contribution in [3.63, 3.8) is 0 Å². The molecule has 0 fully saturated rings. The zero-order valence-corrected chi connectivity index (χ0v) is 5.11. The Morgan fingerprint density at radius 3 is 2.36 bits per heavy atom. The molecule has 0 amide bonds. The summed E-state index contributed by atoms with van der Waals surface area (Å²) >= 11 is 0. The lowest BCUT2D eigenvalue weighted by Gasteiger charge is -1.98. The number of hydrogen-bond donors (Lipinski definition) is 4. The van der Waals surface area contributed by atoms with Crippen LogP contribution in [0.1, 0.15) is 0 Å². The average molecular weight is 160 g/mol. The van der Waals surface area contributed by atoms with E-state index in [1.54, 1.807) is 0 Å². The van der Waals surface area contributed by atoms with E-state index in [1.807, 2.05) is 0 Å². The third-order valence-electron chi connectivity index (χ3n) is 1.04. The predicted octanol–water partition coefficient (Wildman–Crippen LogP) is -1.81. The van der Waals surface area contributed by atoms with Gasteiger partial charge in [0.25, 0.3) is 11.4 Å². The highest BCUT2D eigenvalue weighted by molar-refractivity contribution is 5.26. The van der Waals surface area contributed by atoms with Crippen molar-refractivity contribution in [1.29, 1.82) is 0 Å². The molecular weight excluding hydrogens is 156 g/mol. The van der Waals surface area contributed by atoms with E-state index in [1.165, 1.54) is 4.98 Å². The zero-order chi connectivity index (χ0) is 8.59. The molecule has 1 aromatic rings.